The molecule has 484 valence electrons. The summed E-state index contributed by atoms with van der Waals surface area (Å²) in [6.45, 7) is 16.8. The van der Waals surface area contributed by atoms with Crippen LogP contribution in [-0.2, 0) is 71.9 Å². The fourth-order valence-electron chi connectivity index (χ4n) is 6.86. The lowest BCUT2D eigenvalue weighted by molar-refractivity contribution is -0.139. The second-order valence-electron chi connectivity index (χ2n) is 18.8. The van der Waals surface area contributed by atoms with Gasteiger partial charge in [-0.25, -0.2) is 9.59 Å². The van der Waals surface area contributed by atoms with Crippen molar-refractivity contribution < 1.29 is 102 Å². The number of carboxylic acids is 4. The van der Waals surface area contributed by atoms with E-state index >= 15 is 0 Å². The zero-order valence-corrected chi connectivity index (χ0v) is 48.9. The molecule has 0 bridgehead atoms. The van der Waals surface area contributed by atoms with E-state index in [9.17, 15) is 47.9 Å². The van der Waals surface area contributed by atoms with Crippen molar-refractivity contribution in [3.63, 3.8) is 0 Å². The van der Waals surface area contributed by atoms with E-state index in [2.05, 4.69) is 69.5 Å². The Bertz CT molecular complexity index is 1950. The molecule has 0 fully saturated rings. The third-order valence-corrected chi connectivity index (χ3v) is 11.3. The van der Waals surface area contributed by atoms with Crippen LogP contribution in [0.2, 0.25) is 0 Å². The molecule has 0 saturated carbocycles. The lowest BCUT2D eigenvalue weighted by Gasteiger charge is -2.23. The number of carbonyl (C=O) groups is 10. The summed E-state index contributed by atoms with van der Waals surface area (Å²) in [7, 11) is 0. The molecule has 0 unspecified atom stereocenters. The Morgan fingerprint density at radius 1 is 0.318 bits per heavy atom. The summed E-state index contributed by atoms with van der Waals surface area (Å²) in [5.74, 6) is -4.44. The summed E-state index contributed by atoms with van der Waals surface area (Å²) in [4.78, 5) is 142. The smallest absolute Gasteiger partial charge is 0.409 e. The Morgan fingerprint density at radius 3 is 1.01 bits per heavy atom. The maximum absolute atomic E-state index is 13.2. The molecule has 6 amide bonds. The van der Waals surface area contributed by atoms with Crippen molar-refractivity contribution in [2.24, 2.45) is 0 Å². The summed E-state index contributed by atoms with van der Waals surface area (Å²) < 4.78 is 16.5. The van der Waals surface area contributed by atoms with Crippen molar-refractivity contribution in [3.05, 3.63) is 49.4 Å². The van der Waals surface area contributed by atoms with Crippen LogP contribution < -0.4 is 43.2 Å². The molecular formula is C54H92N10O21. The number of carbonyl (C=O) groups excluding carboxylic acids is 6. The molecule has 0 spiro atoms. The first-order chi connectivity index (χ1) is 40.7. The fourth-order valence-corrected chi connectivity index (χ4v) is 6.86. The predicted molar refractivity (Wildman–Crippen MR) is 304 cm³/mol. The maximum Gasteiger partial charge on any atom is 0.409 e. The maximum atomic E-state index is 13.2. The van der Waals surface area contributed by atoms with Crippen molar-refractivity contribution in [1.82, 2.24) is 53.0 Å². The number of nitrogens with one attached hydrogen (secondary N) is 8. The van der Waals surface area contributed by atoms with Gasteiger partial charge in [0, 0.05) is 117 Å². The SMILES string of the molecule is C=C(CCCCNOC(=C)CC(=O)O)ONCCN(CCNOC(=C)CCCCNOC(=C)CC(=O)O)C(=O)OCCOCCOC(=O)N(CCNC(=O)CCCCCNC(=O)CCC(=O)O)CCNC(=O)CCCCCNC(=O)CCC(=O)O. The number of aliphatic carboxylic acids is 4. The van der Waals surface area contributed by atoms with Crippen LogP contribution in [0.1, 0.15) is 128 Å². The Labute approximate surface area is 496 Å². The quantitative estimate of drug-likeness (QED) is 0.0236. The van der Waals surface area contributed by atoms with Gasteiger partial charge in [-0.05, 0) is 51.4 Å². The van der Waals surface area contributed by atoms with E-state index in [1.807, 2.05) is 0 Å². The molecular weight excluding hydrogens is 1120 g/mol. The molecule has 31 heteroatoms. The Balaban J connectivity index is 5.16. The number of amides is 6. The van der Waals surface area contributed by atoms with Crippen molar-refractivity contribution in [3.8, 4) is 0 Å². The van der Waals surface area contributed by atoms with Gasteiger partial charge in [0.2, 0.25) is 23.6 Å². The third kappa shape index (κ3) is 51.6. The molecule has 0 aliphatic rings. The van der Waals surface area contributed by atoms with Crippen molar-refractivity contribution >= 4 is 59.7 Å². The Hall–Kier alpha value is -7.74. The van der Waals surface area contributed by atoms with Gasteiger partial charge >= 0.3 is 36.1 Å². The molecule has 0 aromatic rings. The average molecular weight is 1220 g/mol. The molecule has 0 atom stereocenters. The van der Waals surface area contributed by atoms with Crippen LogP contribution in [0.3, 0.4) is 0 Å². The summed E-state index contributed by atoms with van der Waals surface area (Å²) in [5.41, 5.74) is 10.9. The van der Waals surface area contributed by atoms with Crippen LogP contribution in [0.15, 0.2) is 49.4 Å². The molecule has 31 nitrogen and oxygen atoms in total. The first-order valence-corrected chi connectivity index (χ1v) is 28.3. The van der Waals surface area contributed by atoms with Crippen molar-refractivity contribution in [2.75, 3.05) is 105 Å². The van der Waals surface area contributed by atoms with Gasteiger partial charge in [-0.3, -0.25) is 38.4 Å². The largest absolute Gasteiger partial charge is 0.481 e. The Morgan fingerprint density at radius 2 is 0.635 bits per heavy atom. The molecule has 0 heterocycles. The lowest BCUT2D eigenvalue weighted by atomic mass is 10.2. The van der Waals surface area contributed by atoms with Crippen LogP contribution >= 0.6 is 0 Å². The van der Waals surface area contributed by atoms with Gasteiger partial charge in [-0.1, -0.05) is 39.2 Å². The van der Waals surface area contributed by atoms with E-state index in [-0.39, 0.29) is 165 Å². The molecule has 85 heavy (non-hydrogen) atoms. The first-order valence-electron chi connectivity index (χ1n) is 28.3. The Kier molecular flexibility index (Phi) is 47.1. The van der Waals surface area contributed by atoms with Gasteiger partial charge in [0.15, 0.2) is 0 Å². The summed E-state index contributed by atoms with van der Waals surface area (Å²) >= 11 is 0. The molecule has 0 aliphatic carbocycles. The zero-order valence-electron chi connectivity index (χ0n) is 48.9. The minimum atomic E-state index is -1.06. The molecule has 0 radical (unpaired) electrons. The topological polar surface area (TPSA) is 419 Å². The van der Waals surface area contributed by atoms with E-state index in [1.54, 1.807) is 0 Å². The van der Waals surface area contributed by atoms with E-state index in [0.29, 0.717) is 115 Å². The number of rotatable bonds is 58. The fraction of sp³-hybridized carbons (Fsp3) is 0.667. The minimum absolute atomic E-state index is 0.0394. The molecule has 12 N–H and O–H groups in total. The van der Waals surface area contributed by atoms with Gasteiger partial charge < -0.3 is 85.1 Å². The van der Waals surface area contributed by atoms with E-state index in [1.165, 1.54) is 9.80 Å². The van der Waals surface area contributed by atoms with Crippen LogP contribution in [-0.4, -0.2) is 195 Å². The highest BCUT2D eigenvalue weighted by atomic mass is 16.7. The summed E-state index contributed by atoms with van der Waals surface area (Å²) in [6, 6.07) is 0. The molecule has 0 aliphatic heterocycles. The van der Waals surface area contributed by atoms with E-state index in [4.69, 9.17) is 54.0 Å². The number of nitrogens with zero attached hydrogens (tertiary/aromatic N) is 2. The summed E-state index contributed by atoms with van der Waals surface area (Å²) in [6.07, 6.45) is 4.74. The highest BCUT2D eigenvalue weighted by Crippen LogP contribution is 2.08. The van der Waals surface area contributed by atoms with Gasteiger partial charge in [0.05, 0.1) is 26.1 Å². The molecule has 0 aromatic carbocycles. The van der Waals surface area contributed by atoms with Crippen LogP contribution in [0.4, 0.5) is 9.59 Å². The van der Waals surface area contributed by atoms with Crippen molar-refractivity contribution in [2.45, 2.75) is 128 Å². The minimum Gasteiger partial charge on any atom is -0.481 e. The van der Waals surface area contributed by atoms with Crippen LogP contribution in [0, 0.1) is 0 Å². The van der Waals surface area contributed by atoms with Crippen LogP contribution in [0.5, 0.6) is 0 Å². The van der Waals surface area contributed by atoms with Crippen LogP contribution in [0.25, 0.3) is 0 Å². The average Bonchev–Trinajstić information content (AvgIpc) is 3.46. The van der Waals surface area contributed by atoms with Gasteiger partial charge in [0.1, 0.15) is 49.1 Å². The summed E-state index contributed by atoms with van der Waals surface area (Å²) in [5, 5.41) is 45.8. The standard InChI is InChI=1S/C54H92N10O21/c1-41(15-9-13-25-59-84-43(3)39-51(73)74)82-61-29-33-64(34-30-62-83-42(2)16-10-14-26-60-85-44(4)40-52(75)76)54(78)81-38-36-79-35-37-80-53(77)63(31-27-57-45(65)17-7-5-11-23-55-47(67)19-21-49(69)70)32-28-58-46(66)18-8-6-12-24-56-48(68)20-22-50(71)72/h59-62H,1-40H2,(H,55,67)(H,56,68)(H,57,65)(H,58,66)(H,69,70)(H,71,72)(H,73,74)(H,75,76). The van der Waals surface area contributed by atoms with Gasteiger partial charge in [0.25, 0.3) is 0 Å². The predicted octanol–water partition coefficient (Wildman–Crippen LogP) is 2.63. The first kappa shape index (κ1) is 77.3. The zero-order chi connectivity index (χ0) is 63.3. The second-order valence-corrected chi connectivity index (χ2v) is 18.8. The number of hydrogen-bond acceptors (Lipinski definition) is 21. The number of unbranched alkanes of at least 4 members (excludes halogenated alkanes) is 6. The number of ether oxygens (including phenoxy) is 3. The molecule has 0 saturated heterocycles. The van der Waals surface area contributed by atoms with Crippen molar-refractivity contribution in [1.29, 1.82) is 0 Å². The lowest BCUT2D eigenvalue weighted by Crippen LogP contribution is -2.43. The number of allylic oxidation sites excluding steroid dienone is 2. The number of carboxylic acid groups (broad SMARTS) is 4. The number of hydrogen-bond donors (Lipinski definition) is 12. The monoisotopic (exact) mass is 1220 g/mol. The van der Waals surface area contributed by atoms with Gasteiger partial charge in [-0.15, -0.1) is 0 Å². The molecule has 0 rings (SSSR count). The van der Waals surface area contributed by atoms with Gasteiger partial charge in [-0.2, -0.15) is 21.9 Å². The third-order valence-electron chi connectivity index (χ3n) is 11.3. The number of hydroxylamine groups is 4. The second kappa shape index (κ2) is 51.9. The van der Waals surface area contributed by atoms with E-state index in [0.717, 1.165) is 0 Å². The highest BCUT2D eigenvalue weighted by Gasteiger charge is 2.18. The normalized spacial score (nSPS) is 10.5. The van der Waals surface area contributed by atoms with E-state index < -0.39 is 36.1 Å². The molecule has 0 aromatic heterocycles. The highest BCUT2D eigenvalue weighted by molar-refractivity contribution is 5.81.